The maximum atomic E-state index is 13.0. The minimum absolute atomic E-state index is 0.0352. The number of carboxylic acid groups (broad SMARTS) is 1. The normalized spacial score (nSPS) is 29.7. The lowest BCUT2D eigenvalue weighted by Gasteiger charge is -2.36. The molecule has 0 saturated carbocycles. The molecule has 21 heavy (non-hydrogen) atoms. The van der Waals surface area contributed by atoms with Crippen molar-refractivity contribution in [2.45, 2.75) is 58.0 Å². The highest BCUT2D eigenvalue weighted by atomic mass is 32.2. The summed E-state index contributed by atoms with van der Waals surface area (Å²) < 4.78 is 0. The Labute approximate surface area is 131 Å². The smallest absolute Gasteiger partial charge is 0.327 e. The number of aliphatic carboxylic acids is 1. The monoisotopic (exact) mass is 314 g/mol. The first kappa shape index (κ1) is 16.5. The quantitative estimate of drug-likeness (QED) is 0.870. The molecule has 0 aromatic heterocycles. The highest BCUT2D eigenvalue weighted by molar-refractivity contribution is 8.00. The van der Waals surface area contributed by atoms with Crippen molar-refractivity contribution in [3.8, 4) is 0 Å². The molecule has 2 saturated heterocycles. The van der Waals surface area contributed by atoms with E-state index >= 15 is 0 Å². The highest BCUT2D eigenvalue weighted by Crippen LogP contribution is 2.36. The van der Waals surface area contributed by atoms with Gasteiger partial charge in [0.15, 0.2) is 0 Å². The zero-order valence-electron chi connectivity index (χ0n) is 13.3. The van der Waals surface area contributed by atoms with Gasteiger partial charge in [0.25, 0.3) is 0 Å². The molecule has 1 N–H and O–H groups in total. The Morgan fingerprint density at radius 2 is 1.86 bits per heavy atom. The fourth-order valence-electron chi connectivity index (χ4n) is 3.35. The molecule has 2 amide bonds. The fourth-order valence-corrected chi connectivity index (χ4v) is 4.81. The minimum Gasteiger partial charge on any atom is -0.480 e. The van der Waals surface area contributed by atoms with Gasteiger partial charge < -0.3 is 10.0 Å². The van der Waals surface area contributed by atoms with E-state index in [0.29, 0.717) is 11.7 Å². The molecule has 0 aromatic carbocycles. The second kappa shape index (κ2) is 6.46. The van der Waals surface area contributed by atoms with E-state index in [4.69, 9.17) is 0 Å². The first-order chi connectivity index (χ1) is 9.84. The van der Waals surface area contributed by atoms with E-state index in [-0.39, 0.29) is 23.4 Å². The molecule has 2 fully saturated rings. The van der Waals surface area contributed by atoms with Crippen LogP contribution in [0.4, 0.5) is 4.79 Å². The van der Waals surface area contributed by atoms with Crippen LogP contribution in [0.3, 0.4) is 0 Å². The number of urea groups is 1. The van der Waals surface area contributed by atoms with Gasteiger partial charge in [-0.25, -0.2) is 9.59 Å². The number of carboxylic acids is 1. The van der Waals surface area contributed by atoms with Gasteiger partial charge in [-0.2, -0.15) is 0 Å². The van der Waals surface area contributed by atoms with Crippen molar-refractivity contribution < 1.29 is 14.7 Å². The summed E-state index contributed by atoms with van der Waals surface area (Å²) in [4.78, 5) is 28.0. The molecule has 3 atom stereocenters. The molecule has 120 valence electrons. The van der Waals surface area contributed by atoms with Crippen LogP contribution in [0.5, 0.6) is 0 Å². The molecule has 0 bridgehead atoms. The van der Waals surface area contributed by atoms with Crippen molar-refractivity contribution in [2.24, 2.45) is 11.8 Å². The van der Waals surface area contributed by atoms with Crippen molar-refractivity contribution in [3.63, 3.8) is 0 Å². The number of hydrogen-bond acceptors (Lipinski definition) is 3. The van der Waals surface area contributed by atoms with Crippen LogP contribution in [-0.2, 0) is 4.79 Å². The average molecular weight is 314 g/mol. The Bertz CT molecular complexity index is 414. The predicted molar refractivity (Wildman–Crippen MR) is 84.3 cm³/mol. The number of carbonyl (C=O) groups is 2. The van der Waals surface area contributed by atoms with E-state index in [2.05, 4.69) is 13.8 Å². The molecule has 5 nitrogen and oxygen atoms in total. The second-order valence-corrected chi connectivity index (χ2v) is 7.81. The summed E-state index contributed by atoms with van der Waals surface area (Å²) in [6.07, 6.45) is 2.04. The lowest BCUT2D eigenvalue weighted by atomic mass is 10.0. The maximum Gasteiger partial charge on any atom is 0.327 e. The Morgan fingerprint density at radius 3 is 2.38 bits per heavy atom. The number of hydrogen-bond donors (Lipinski definition) is 1. The third kappa shape index (κ3) is 3.15. The Hall–Kier alpha value is -0.910. The molecule has 2 heterocycles. The standard InChI is InChI=1S/C15H26N2O3S/c1-9(2)11-6-5-7-16(11)15(20)17-12(14(18)19)8-21-13(17)10(3)4/h9-13H,5-8H2,1-4H3,(H,18,19). The van der Waals surface area contributed by atoms with Gasteiger partial charge in [0.05, 0.1) is 5.37 Å². The first-order valence-corrected chi connectivity index (χ1v) is 8.82. The molecule has 2 aliphatic heterocycles. The summed E-state index contributed by atoms with van der Waals surface area (Å²) in [5.41, 5.74) is 0. The number of rotatable bonds is 3. The summed E-state index contributed by atoms with van der Waals surface area (Å²) >= 11 is 1.59. The third-order valence-corrected chi connectivity index (χ3v) is 6.05. The van der Waals surface area contributed by atoms with Crippen molar-refractivity contribution in [3.05, 3.63) is 0 Å². The zero-order chi connectivity index (χ0) is 15.7. The SMILES string of the molecule is CC(C)C1CCCN1C(=O)N1C(C(=O)O)CSC1C(C)C. The highest BCUT2D eigenvalue weighted by Gasteiger charge is 2.46. The summed E-state index contributed by atoms with van der Waals surface area (Å²) in [6, 6.07) is -0.532. The summed E-state index contributed by atoms with van der Waals surface area (Å²) in [5, 5.41) is 9.39. The maximum absolute atomic E-state index is 13.0. The van der Waals surface area contributed by atoms with E-state index in [1.807, 2.05) is 18.7 Å². The van der Waals surface area contributed by atoms with E-state index in [1.165, 1.54) is 0 Å². The van der Waals surface area contributed by atoms with E-state index in [1.54, 1.807) is 16.7 Å². The molecule has 0 aromatic rings. The van der Waals surface area contributed by atoms with Crippen LogP contribution in [0.25, 0.3) is 0 Å². The number of thioether (sulfide) groups is 1. The van der Waals surface area contributed by atoms with Gasteiger partial charge in [0, 0.05) is 18.3 Å². The molecule has 0 spiro atoms. The lowest BCUT2D eigenvalue weighted by Crippen LogP contribution is -2.54. The molecular formula is C15H26N2O3S. The van der Waals surface area contributed by atoms with Gasteiger partial charge in [-0.3, -0.25) is 4.90 Å². The Balaban J connectivity index is 2.22. The van der Waals surface area contributed by atoms with E-state index in [0.717, 1.165) is 19.4 Å². The van der Waals surface area contributed by atoms with Gasteiger partial charge in [-0.05, 0) is 24.7 Å². The summed E-state index contributed by atoms with van der Waals surface area (Å²) in [7, 11) is 0. The zero-order valence-corrected chi connectivity index (χ0v) is 14.1. The number of amides is 2. The number of likely N-dealkylation sites (tertiary alicyclic amines) is 1. The summed E-state index contributed by atoms with van der Waals surface area (Å²) in [5.74, 6) is 0.263. The largest absolute Gasteiger partial charge is 0.480 e. The van der Waals surface area contributed by atoms with Crippen molar-refractivity contribution in [1.29, 1.82) is 0 Å². The van der Waals surface area contributed by atoms with Crippen LogP contribution in [0.2, 0.25) is 0 Å². The minimum atomic E-state index is -0.890. The topological polar surface area (TPSA) is 60.9 Å². The van der Waals surface area contributed by atoms with E-state index < -0.39 is 12.0 Å². The molecular weight excluding hydrogens is 288 g/mol. The number of carbonyl (C=O) groups excluding carboxylic acids is 1. The van der Waals surface area contributed by atoms with Crippen LogP contribution in [0.1, 0.15) is 40.5 Å². The molecule has 6 heteroatoms. The van der Waals surface area contributed by atoms with Crippen LogP contribution in [-0.4, -0.2) is 56.7 Å². The van der Waals surface area contributed by atoms with Crippen LogP contribution >= 0.6 is 11.8 Å². The molecule has 3 unspecified atom stereocenters. The van der Waals surface area contributed by atoms with Gasteiger partial charge in [0.2, 0.25) is 0 Å². The molecule has 2 aliphatic rings. The molecule has 2 rings (SSSR count). The van der Waals surface area contributed by atoms with Crippen molar-refractivity contribution in [1.82, 2.24) is 9.80 Å². The average Bonchev–Trinajstić information content (AvgIpc) is 3.04. The van der Waals surface area contributed by atoms with E-state index in [9.17, 15) is 14.7 Å². The predicted octanol–water partition coefficient (Wildman–Crippen LogP) is 2.71. The van der Waals surface area contributed by atoms with Gasteiger partial charge in [-0.15, -0.1) is 11.8 Å². The van der Waals surface area contributed by atoms with Crippen molar-refractivity contribution in [2.75, 3.05) is 12.3 Å². The molecule has 0 radical (unpaired) electrons. The van der Waals surface area contributed by atoms with Crippen LogP contribution < -0.4 is 0 Å². The third-order valence-electron chi connectivity index (χ3n) is 4.43. The van der Waals surface area contributed by atoms with Gasteiger partial charge in [0.1, 0.15) is 6.04 Å². The first-order valence-electron chi connectivity index (χ1n) is 7.78. The summed E-state index contributed by atoms with van der Waals surface area (Å²) in [6.45, 7) is 9.10. The second-order valence-electron chi connectivity index (χ2n) is 6.66. The Morgan fingerprint density at radius 1 is 1.19 bits per heavy atom. The Kier molecular flexibility index (Phi) is 5.07. The molecule has 0 aliphatic carbocycles. The number of nitrogens with zero attached hydrogens (tertiary/aromatic N) is 2. The van der Waals surface area contributed by atoms with Crippen LogP contribution in [0.15, 0.2) is 0 Å². The fraction of sp³-hybridized carbons (Fsp3) is 0.867. The van der Waals surface area contributed by atoms with Gasteiger partial charge in [-0.1, -0.05) is 27.7 Å². The van der Waals surface area contributed by atoms with Crippen LogP contribution in [0, 0.1) is 11.8 Å². The van der Waals surface area contributed by atoms with Crippen molar-refractivity contribution >= 4 is 23.8 Å². The lowest BCUT2D eigenvalue weighted by molar-refractivity contribution is -0.141. The van der Waals surface area contributed by atoms with Gasteiger partial charge >= 0.3 is 12.0 Å².